The van der Waals surface area contributed by atoms with Gasteiger partial charge in [0.15, 0.2) is 0 Å². The van der Waals surface area contributed by atoms with Crippen LogP contribution in [0.5, 0.6) is 0 Å². The third kappa shape index (κ3) is 2.78. The Labute approximate surface area is 89.0 Å². The number of hydrogen-bond donors (Lipinski definition) is 0. The Morgan fingerprint density at radius 3 is 2.92 bits per heavy atom. The minimum absolute atomic E-state index is 0.289. The van der Waals surface area contributed by atoms with Crippen molar-refractivity contribution in [3.05, 3.63) is 0 Å². The fourth-order valence-electron chi connectivity index (χ4n) is 1.84. The predicted molar refractivity (Wildman–Crippen MR) is 58.1 cm³/mol. The van der Waals surface area contributed by atoms with Gasteiger partial charge in [-0.25, -0.2) is 0 Å². The monoisotopic (exact) mass is 221 g/mol. The first-order valence-corrected chi connectivity index (χ1v) is 6.45. The van der Waals surface area contributed by atoms with Gasteiger partial charge in [0, 0.05) is 18.3 Å². The van der Waals surface area contributed by atoms with Crippen molar-refractivity contribution < 1.29 is 4.79 Å². The zero-order valence-corrected chi connectivity index (χ0v) is 9.48. The maximum absolute atomic E-state index is 10.8. The van der Waals surface area contributed by atoms with Crippen LogP contribution >= 0.6 is 23.4 Å². The fourth-order valence-corrected chi connectivity index (χ4v) is 3.31. The summed E-state index contributed by atoms with van der Waals surface area (Å²) in [7, 11) is 0. The summed E-state index contributed by atoms with van der Waals surface area (Å²) in [5, 5.41) is 0.289. The molecular formula is C9H16ClNOS. The molecule has 2 unspecified atom stereocenters. The van der Waals surface area contributed by atoms with Crippen LogP contribution in [0.4, 0.5) is 0 Å². The summed E-state index contributed by atoms with van der Waals surface area (Å²) in [6.45, 7) is 0.891. The van der Waals surface area contributed by atoms with Gasteiger partial charge in [0.05, 0.1) is 5.37 Å². The van der Waals surface area contributed by atoms with E-state index in [1.165, 1.54) is 6.42 Å². The van der Waals surface area contributed by atoms with Crippen LogP contribution in [0.15, 0.2) is 0 Å². The molecule has 2 nitrogen and oxygen atoms in total. The number of halogens is 1. The SMILES string of the molecule is CSC1C(CCl)CCCCN1C=O. The molecule has 0 saturated carbocycles. The van der Waals surface area contributed by atoms with Crippen molar-refractivity contribution in [2.75, 3.05) is 18.7 Å². The van der Waals surface area contributed by atoms with Gasteiger partial charge >= 0.3 is 0 Å². The van der Waals surface area contributed by atoms with Crippen molar-refractivity contribution in [2.24, 2.45) is 5.92 Å². The summed E-state index contributed by atoms with van der Waals surface area (Å²) >= 11 is 7.63. The van der Waals surface area contributed by atoms with Crippen LogP contribution in [0, 0.1) is 5.92 Å². The summed E-state index contributed by atoms with van der Waals surface area (Å²) in [5.74, 6) is 1.12. The van der Waals surface area contributed by atoms with E-state index in [2.05, 4.69) is 0 Å². The van der Waals surface area contributed by atoms with Crippen molar-refractivity contribution in [2.45, 2.75) is 24.6 Å². The molecule has 1 amide bonds. The molecule has 1 heterocycles. The zero-order valence-electron chi connectivity index (χ0n) is 7.91. The van der Waals surface area contributed by atoms with Crippen LogP contribution in [0.2, 0.25) is 0 Å². The molecule has 1 rings (SSSR count). The molecule has 0 N–H and O–H groups in total. The summed E-state index contributed by atoms with van der Waals surface area (Å²) in [5.41, 5.74) is 0. The maximum Gasteiger partial charge on any atom is 0.210 e. The Kier molecular flexibility index (Phi) is 4.96. The highest BCUT2D eigenvalue weighted by Crippen LogP contribution is 2.29. The van der Waals surface area contributed by atoms with E-state index in [0.29, 0.717) is 11.8 Å². The van der Waals surface area contributed by atoms with Gasteiger partial charge in [0.25, 0.3) is 0 Å². The molecule has 1 aliphatic rings. The Morgan fingerprint density at radius 2 is 2.38 bits per heavy atom. The lowest BCUT2D eigenvalue weighted by Crippen LogP contribution is -2.36. The Balaban J connectivity index is 2.66. The molecule has 0 bridgehead atoms. The summed E-state index contributed by atoms with van der Waals surface area (Å²) < 4.78 is 0. The van der Waals surface area contributed by atoms with Crippen LogP contribution in [-0.2, 0) is 4.79 Å². The molecule has 0 spiro atoms. The quantitative estimate of drug-likeness (QED) is 0.538. The van der Waals surface area contributed by atoms with Crippen LogP contribution in [0.25, 0.3) is 0 Å². The van der Waals surface area contributed by atoms with Crippen molar-refractivity contribution in [1.29, 1.82) is 0 Å². The van der Waals surface area contributed by atoms with Gasteiger partial charge in [-0.05, 0) is 19.1 Å². The van der Waals surface area contributed by atoms with Crippen LogP contribution < -0.4 is 0 Å². The first kappa shape index (κ1) is 11.2. The molecule has 0 aliphatic carbocycles. The number of alkyl halides is 1. The summed E-state index contributed by atoms with van der Waals surface area (Å²) in [6, 6.07) is 0. The van der Waals surface area contributed by atoms with E-state index in [9.17, 15) is 4.79 Å². The number of carbonyl (C=O) groups is 1. The second-order valence-corrected chi connectivity index (χ2v) is 4.64. The molecule has 0 aromatic rings. The molecule has 4 heteroatoms. The second kappa shape index (κ2) is 5.76. The first-order valence-electron chi connectivity index (χ1n) is 4.63. The number of thioether (sulfide) groups is 1. The third-order valence-electron chi connectivity index (χ3n) is 2.55. The van der Waals surface area contributed by atoms with Crippen molar-refractivity contribution >= 4 is 29.8 Å². The molecule has 0 aromatic heterocycles. The molecule has 13 heavy (non-hydrogen) atoms. The average Bonchev–Trinajstić information content (AvgIpc) is 2.37. The van der Waals surface area contributed by atoms with E-state index in [0.717, 1.165) is 25.8 Å². The van der Waals surface area contributed by atoms with Crippen molar-refractivity contribution in [3.8, 4) is 0 Å². The molecule has 76 valence electrons. The third-order valence-corrected chi connectivity index (χ3v) is 4.08. The standard InChI is InChI=1S/C9H16ClNOS/c1-13-9-8(6-10)4-2-3-5-11(9)7-12/h7-9H,2-6H2,1H3. The number of likely N-dealkylation sites (tertiary alicyclic amines) is 1. The maximum atomic E-state index is 10.8. The largest absolute Gasteiger partial charge is 0.333 e. The van der Waals surface area contributed by atoms with Crippen LogP contribution in [0.1, 0.15) is 19.3 Å². The van der Waals surface area contributed by atoms with E-state index >= 15 is 0 Å². The number of carbonyl (C=O) groups excluding carboxylic acids is 1. The molecular weight excluding hydrogens is 206 g/mol. The zero-order chi connectivity index (χ0) is 9.68. The Hall–Kier alpha value is 0.110. The van der Waals surface area contributed by atoms with E-state index in [1.807, 2.05) is 11.2 Å². The van der Waals surface area contributed by atoms with E-state index in [-0.39, 0.29) is 5.37 Å². The van der Waals surface area contributed by atoms with Gasteiger partial charge in [0.2, 0.25) is 6.41 Å². The van der Waals surface area contributed by atoms with Gasteiger partial charge in [-0.3, -0.25) is 4.79 Å². The number of amides is 1. The van der Waals surface area contributed by atoms with Crippen molar-refractivity contribution in [1.82, 2.24) is 4.90 Å². The van der Waals surface area contributed by atoms with Crippen LogP contribution in [0.3, 0.4) is 0 Å². The average molecular weight is 222 g/mol. The molecule has 1 aliphatic heterocycles. The Bertz CT molecular complexity index is 168. The minimum Gasteiger partial charge on any atom is -0.333 e. The van der Waals surface area contributed by atoms with Gasteiger partial charge < -0.3 is 4.90 Å². The summed E-state index contributed by atoms with van der Waals surface area (Å²) in [4.78, 5) is 12.7. The van der Waals surface area contributed by atoms with Gasteiger partial charge in [-0.15, -0.1) is 23.4 Å². The molecule has 1 fully saturated rings. The molecule has 0 radical (unpaired) electrons. The summed E-state index contributed by atoms with van der Waals surface area (Å²) in [6.07, 6.45) is 6.47. The van der Waals surface area contributed by atoms with E-state index < -0.39 is 0 Å². The van der Waals surface area contributed by atoms with Gasteiger partial charge in [0.1, 0.15) is 0 Å². The smallest absolute Gasteiger partial charge is 0.210 e. The second-order valence-electron chi connectivity index (χ2n) is 3.38. The molecule has 2 atom stereocenters. The highest BCUT2D eigenvalue weighted by Gasteiger charge is 2.27. The first-order chi connectivity index (χ1) is 6.33. The van der Waals surface area contributed by atoms with E-state index in [4.69, 9.17) is 11.6 Å². The highest BCUT2D eigenvalue weighted by molar-refractivity contribution is 7.99. The number of hydrogen-bond acceptors (Lipinski definition) is 2. The van der Waals surface area contributed by atoms with Gasteiger partial charge in [-0.2, -0.15) is 0 Å². The van der Waals surface area contributed by atoms with Crippen LogP contribution in [-0.4, -0.2) is 35.4 Å². The molecule has 0 aromatic carbocycles. The fraction of sp³-hybridized carbons (Fsp3) is 0.889. The lowest BCUT2D eigenvalue weighted by atomic mass is 10.1. The molecule has 1 saturated heterocycles. The van der Waals surface area contributed by atoms with Crippen molar-refractivity contribution in [3.63, 3.8) is 0 Å². The van der Waals surface area contributed by atoms with Gasteiger partial charge in [-0.1, -0.05) is 6.42 Å². The number of nitrogens with zero attached hydrogens (tertiary/aromatic N) is 1. The minimum atomic E-state index is 0.289. The normalized spacial score (nSPS) is 29.8. The number of rotatable bonds is 3. The lowest BCUT2D eigenvalue weighted by molar-refractivity contribution is -0.119. The Morgan fingerprint density at radius 1 is 1.62 bits per heavy atom. The topological polar surface area (TPSA) is 20.3 Å². The lowest BCUT2D eigenvalue weighted by Gasteiger charge is -2.29. The van der Waals surface area contributed by atoms with E-state index in [1.54, 1.807) is 11.8 Å². The highest BCUT2D eigenvalue weighted by atomic mass is 35.5. The predicted octanol–water partition coefficient (Wildman–Crippen LogP) is 2.17.